The molecule has 1 N–H and O–H groups in total. The summed E-state index contributed by atoms with van der Waals surface area (Å²) in [6.07, 6.45) is 0. The van der Waals surface area contributed by atoms with E-state index in [1.165, 1.54) is 15.0 Å². The van der Waals surface area contributed by atoms with E-state index < -0.39 is 0 Å². The number of fused-ring (bicyclic) bond motifs is 1. The van der Waals surface area contributed by atoms with Gasteiger partial charge in [-0.1, -0.05) is 37.9 Å². The zero-order valence-corrected chi connectivity index (χ0v) is 11.2. The lowest BCUT2D eigenvalue weighted by atomic mass is 10.2. The summed E-state index contributed by atoms with van der Waals surface area (Å²) < 4.78 is 2.27. The van der Waals surface area contributed by atoms with Crippen molar-refractivity contribution in [2.45, 2.75) is 11.9 Å². The van der Waals surface area contributed by atoms with Crippen LogP contribution in [0.15, 0.2) is 22.7 Å². The first-order valence-corrected chi connectivity index (χ1v) is 6.86. The highest BCUT2D eigenvalue weighted by Crippen LogP contribution is 2.34. The Hall–Kier alpha value is 0.1000. The minimum atomic E-state index is 0.103. The fourth-order valence-corrected chi connectivity index (χ4v) is 3.50. The lowest BCUT2D eigenvalue weighted by Gasteiger charge is -1.99. The molecular weight excluding hydrogens is 328 g/mol. The van der Waals surface area contributed by atoms with Crippen molar-refractivity contribution in [1.82, 2.24) is 0 Å². The number of alkyl halides is 1. The van der Waals surface area contributed by atoms with Crippen LogP contribution in [0.4, 0.5) is 0 Å². The summed E-state index contributed by atoms with van der Waals surface area (Å²) in [7, 11) is 0. The molecule has 4 heteroatoms. The van der Waals surface area contributed by atoms with Gasteiger partial charge in [-0.2, -0.15) is 0 Å². The van der Waals surface area contributed by atoms with Crippen LogP contribution in [-0.4, -0.2) is 5.11 Å². The molecule has 0 aliphatic rings. The number of benzene rings is 1. The molecule has 1 aromatic heterocycles. The average Bonchev–Trinajstić information content (AvgIpc) is 2.63. The van der Waals surface area contributed by atoms with E-state index in [0.717, 1.165) is 15.4 Å². The number of aliphatic hydroxyl groups excluding tert-OH is 1. The van der Waals surface area contributed by atoms with Crippen molar-refractivity contribution in [2.24, 2.45) is 0 Å². The number of aliphatic hydroxyl groups is 1. The highest BCUT2D eigenvalue weighted by atomic mass is 79.9. The Bertz CT molecular complexity index is 464. The number of halogens is 2. The second kappa shape index (κ2) is 4.31. The zero-order chi connectivity index (χ0) is 10.1. The van der Waals surface area contributed by atoms with Crippen LogP contribution < -0.4 is 0 Å². The second-order valence-electron chi connectivity index (χ2n) is 2.95. The third-order valence-electron chi connectivity index (χ3n) is 2.06. The van der Waals surface area contributed by atoms with Crippen LogP contribution in [0.25, 0.3) is 10.1 Å². The zero-order valence-electron chi connectivity index (χ0n) is 7.26. The molecule has 0 aliphatic heterocycles. The average molecular weight is 336 g/mol. The van der Waals surface area contributed by atoms with Gasteiger partial charge in [0.25, 0.3) is 0 Å². The normalized spacial score (nSPS) is 11.1. The van der Waals surface area contributed by atoms with Crippen molar-refractivity contribution in [3.8, 4) is 0 Å². The van der Waals surface area contributed by atoms with Gasteiger partial charge in [0.1, 0.15) is 0 Å². The van der Waals surface area contributed by atoms with Gasteiger partial charge >= 0.3 is 0 Å². The highest BCUT2D eigenvalue weighted by molar-refractivity contribution is 9.10. The Balaban J connectivity index is 2.74. The van der Waals surface area contributed by atoms with Crippen molar-refractivity contribution in [3.05, 3.63) is 33.1 Å². The number of hydrogen-bond acceptors (Lipinski definition) is 2. The summed E-state index contributed by atoms with van der Waals surface area (Å²) in [5.41, 5.74) is 1.00. The standard InChI is InChI=1S/C10H8Br2OS/c11-4-7-3-8-9(12)2-1-6(5-13)10(8)14-7/h1-3,13H,4-5H2. The molecule has 0 saturated carbocycles. The number of hydrogen-bond donors (Lipinski definition) is 1. The summed E-state index contributed by atoms with van der Waals surface area (Å²) in [6, 6.07) is 6.09. The first-order chi connectivity index (χ1) is 6.76. The molecule has 1 heterocycles. The van der Waals surface area contributed by atoms with E-state index in [4.69, 9.17) is 0 Å². The maximum absolute atomic E-state index is 9.19. The number of rotatable bonds is 2. The predicted molar refractivity (Wildman–Crippen MR) is 68.1 cm³/mol. The molecule has 0 amide bonds. The van der Waals surface area contributed by atoms with Gasteiger partial charge in [0.05, 0.1) is 6.61 Å². The quantitative estimate of drug-likeness (QED) is 0.821. The Labute approximate surface area is 103 Å². The van der Waals surface area contributed by atoms with Gasteiger partial charge in [0.2, 0.25) is 0 Å². The minimum absolute atomic E-state index is 0.103. The third-order valence-corrected chi connectivity index (χ3v) is 4.94. The maximum atomic E-state index is 9.19. The Morgan fingerprint density at radius 1 is 1.36 bits per heavy atom. The van der Waals surface area contributed by atoms with Gasteiger partial charge in [-0.15, -0.1) is 11.3 Å². The Kier molecular flexibility index (Phi) is 3.27. The largest absolute Gasteiger partial charge is 0.392 e. The molecule has 0 spiro atoms. The van der Waals surface area contributed by atoms with Crippen molar-refractivity contribution in [3.63, 3.8) is 0 Å². The van der Waals surface area contributed by atoms with Crippen molar-refractivity contribution >= 4 is 53.3 Å². The fourth-order valence-electron chi connectivity index (χ4n) is 1.39. The van der Waals surface area contributed by atoms with Crippen LogP contribution in [-0.2, 0) is 11.9 Å². The molecule has 74 valence electrons. The maximum Gasteiger partial charge on any atom is 0.0695 e. The van der Waals surface area contributed by atoms with E-state index in [0.29, 0.717) is 0 Å². The first kappa shape index (κ1) is 10.6. The molecule has 14 heavy (non-hydrogen) atoms. The molecule has 0 atom stereocenters. The van der Waals surface area contributed by atoms with E-state index >= 15 is 0 Å². The molecule has 2 rings (SSSR count). The lowest BCUT2D eigenvalue weighted by molar-refractivity contribution is 0.283. The van der Waals surface area contributed by atoms with Gasteiger partial charge in [0.15, 0.2) is 0 Å². The van der Waals surface area contributed by atoms with E-state index in [1.807, 2.05) is 12.1 Å². The van der Waals surface area contributed by atoms with Crippen molar-refractivity contribution in [1.29, 1.82) is 0 Å². The van der Waals surface area contributed by atoms with Crippen LogP contribution in [0.2, 0.25) is 0 Å². The molecule has 0 saturated heterocycles. The van der Waals surface area contributed by atoms with Crippen LogP contribution in [0.5, 0.6) is 0 Å². The molecule has 0 unspecified atom stereocenters. The van der Waals surface area contributed by atoms with E-state index in [-0.39, 0.29) is 6.61 Å². The van der Waals surface area contributed by atoms with Gasteiger partial charge in [-0.3, -0.25) is 0 Å². The van der Waals surface area contributed by atoms with Crippen molar-refractivity contribution < 1.29 is 5.11 Å². The molecule has 0 radical (unpaired) electrons. The SMILES string of the molecule is OCc1ccc(Br)c2cc(CBr)sc12. The van der Waals surface area contributed by atoms with Crippen LogP contribution in [0.3, 0.4) is 0 Å². The Morgan fingerprint density at radius 3 is 2.79 bits per heavy atom. The monoisotopic (exact) mass is 334 g/mol. The third kappa shape index (κ3) is 1.76. The fraction of sp³-hybridized carbons (Fsp3) is 0.200. The number of thiophene rings is 1. The van der Waals surface area contributed by atoms with Gasteiger partial charge in [-0.25, -0.2) is 0 Å². The topological polar surface area (TPSA) is 20.2 Å². The molecular formula is C10H8Br2OS. The summed E-state index contributed by atoms with van der Waals surface area (Å²) in [5, 5.41) is 11.2. The summed E-state index contributed by atoms with van der Waals surface area (Å²) >= 11 is 8.68. The van der Waals surface area contributed by atoms with Crippen molar-refractivity contribution in [2.75, 3.05) is 0 Å². The molecule has 1 aromatic carbocycles. The highest BCUT2D eigenvalue weighted by Gasteiger charge is 2.08. The van der Waals surface area contributed by atoms with Crippen LogP contribution in [0.1, 0.15) is 10.4 Å². The lowest BCUT2D eigenvalue weighted by Crippen LogP contribution is -1.82. The first-order valence-electron chi connectivity index (χ1n) is 4.13. The minimum Gasteiger partial charge on any atom is -0.392 e. The molecule has 0 bridgehead atoms. The second-order valence-corrected chi connectivity index (χ2v) is 5.51. The molecule has 2 aromatic rings. The summed E-state index contributed by atoms with van der Waals surface area (Å²) in [6.45, 7) is 0.103. The van der Waals surface area contributed by atoms with Gasteiger partial charge in [0, 0.05) is 24.8 Å². The van der Waals surface area contributed by atoms with Gasteiger partial charge < -0.3 is 5.11 Å². The predicted octanol–water partition coefficient (Wildman–Crippen LogP) is 4.05. The van der Waals surface area contributed by atoms with E-state index in [1.54, 1.807) is 11.3 Å². The molecule has 1 nitrogen and oxygen atoms in total. The van der Waals surface area contributed by atoms with E-state index in [2.05, 4.69) is 37.9 Å². The Morgan fingerprint density at radius 2 is 2.14 bits per heavy atom. The van der Waals surface area contributed by atoms with Crippen LogP contribution in [0, 0.1) is 0 Å². The van der Waals surface area contributed by atoms with E-state index in [9.17, 15) is 5.11 Å². The van der Waals surface area contributed by atoms with Gasteiger partial charge in [-0.05, 0) is 17.7 Å². The summed E-state index contributed by atoms with van der Waals surface area (Å²) in [4.78, 5) is 1.28. The summed E-state index contributed by atoms with van der Waals surface area (Å²) in [5.74, 6) is 0. The smallest absolute Gasteiger partial charge is 0.0695 e. The molecule has 0 fully saturated rings. The van der Waals surface area contributed by atoms with Crippen LogP contribution >= 0.6 is 43.2 Å². The molecule has 0 aliphatic carbocycles.